The summed E-state index contributed by atoms with van der Waals surface area (Å²) in [5, 5.41) is 7.21. The molecule has 3 nitrogen and oxygen atoms in total. The molecule has 0 atom stereocenters. The molecule has 120 valence electrons. The highest BCUT2D eigenvalue weighted by Crippen LogP contribution is 2.28. The molecule has 1 aliphatic rings. The van der Waals surface area contributed by atoms with E-state index in [-0.39, 0.29) is 16.9 Å². The summed E-state index contributed by atoms with van der Waals surface area (Å²) in [7, 11) is 0. The van der Waals surface area contributed by atoms with Gasteiger partial charge in [-0.3, -0.25) is 4.79 Å². The largest absolute Gasteiger partial charge is 0.386 e. The van der Waals surface area contributed by atoms with Gasteiger partial charge in [-0.15, -0.1) is 0 Å². The smallest absolute Gasteiger partial charge is 0.187 e. The van der Waals surface area contributed by atoms with Gasteiger partial charge in [0.2, 0.25) is 0 Å². The Morgan fingerprint density at radius 1 is 1.14 bits per heavy atom. The van der Waals surface area contributed by atoms with Crippen molar-refractivity contribution in [3.63, 3.8) is 0 Å². The van der Waals surface area contributed by atoms with Gasteiger partial charge in [0.25, 0.3) is 0 Å². The Morgan fingerprint density at radius 2 is 1.68 bits per heavy atom. The van der Waals surface area contributed by atoms with Crippen LogP contribution in [0.25, 0.3) is 0 Å². The van der Waals surface area contributed by atoms with Crippen molar-refractivity contribution < 1.29 is 4.79 Å². The fourth-order valence-electron chi connectivity index (χ4n) is 3.67. The molecule has 2 N–H and O–H groups in total. The first-order valence-electron chi connectivity index (χ1n) is 8.00. The predicted octanol–water partition coefficient (Wildman–Crippen LogP) is 3.67. The van der Waals surface area contributed by atoms with Gasteiger partial charge in [-0.2, -0.15) is 0 Å². The van der Waals surface area contributed by atoms with Gasteiger partial charge in [0.15, 0.2) is 5.78 Å². The van der Waals surface area contributed by atoms with Gasteiger partial charge >= 0.3 is 0 Å². The summed E-state index contributed by atoms with van der Waals surface area (Å²) < 4.78 is 0. The molecule has 1 heterocycles. The molecule has 22 heavy (non-hydrogen) atoms. The van der Waals surface area contributed by atoms with Crippen molar-refractivity contribution in [3.8, 4) is 0 Å². The molecule has 1 saturated heterocycles. The summed E-state index contributed by atoms with van der Waals surface area (Å²) in [6.45, 7) is 10.9. The van der Waals surface area contributed by atoms with E-state index in [1.807, 2.05) is 37.3 Å². The number of carbonyl (C=O) groups is 1. The van der Waals surface area contributed by atoms with Crippen LogP contribution in [0.5, 0.6) is 0 Å². The van der Waals surface area contributed by atoms with E-state index in [2.05, 4.69) is 38.3 Å². The highest BCUT2D eigenvalue weighted by Gasteiger charge is 2.37. The van der Waals surface area contributed by atoms with E-state index in [1.165, 1.54) is 0 Å². The average molecular weight is 300 g/mol. The Balaban J connectivity index is 2.03. The lowest BCUT2D eigenvalue weighted by Gasteiger charge is -2.47. The third kappa shape index (κ3) is 4.70. The number of ketones is 1. The molecule has 0 radical (unpaired) electrons. The summed E-state index contributed by atoms with van der Waals surface area (Å²) in [6, 6.07) is 9.78. The second-order valence-electron chi connectivity index (χ2n) is 7.70. The summed E-state index contributed by atoms with van der Waals surface area (Å²) in [4.78, 5) is 12.2. The Bertz CT molecular complexity index is 542. The molecule has 2 rings (SSSR count). The number of nitrogens with one attached hydrogen (secondary N) is 2. The fourth-order valence-corrected chi connectivity index (χ4v) is 3.67. The van der Waals surface area contributed by atoms with Gasteiger partial charge < -0.3 is 10.6 Å². The second-order valence-corrected chi connectivity index (χ2v) is 7.70. The molecule has 0 unspecified atom stereocenters. The van der Waals surface area contributed by atoms with Crippen molar-refractivity contribution in [2.24, 2.45) is 0 Å². The molecule has 1 aliphatic heterocycles. The first-order valence-corrected chi connectivity index (χ1v) is 8.00. The Morgan fingerprint density at radius 3 is 2.23 bits per heavy atom. The van der Waals surface area contributed by atoms with Gasteiger partial charge in [-0.05, 0) is 47.5 Å². The van der Waals surface area contributed by atoms with Gasteiger partial charge in [-0.1, -0.05) is 30.3 Å². The summed E-state index contributed by atoms with van der Waals surface area (Å²) in [5.41, 5.74) is 1.87. The lowest BCUT2D eigenvalue weighted by atomic mass is 9.79. The van der Waals surface area contributed by atoms with Crippen molar-refractivity contribution in [1.82, 2.24) is 10.6 Å². The highest BCUT2D eigenvalue weighted by molar-refractivity contribution is 6.04. The van der Waals surface area contributed by atoms with Crippen LogP contribution in [0.3, 0.4) is 0 Å². The molecule has 1 aromatic carbocycles. The van der Waals surface area contributed by atoms with E-state index in [9.17, 15) is 4.79 Å². The minimum atomic E-state index is 0.0538. The van der Waals surface area contributed by atoms with Crippen molar-refractivity contribution in [2.45, 2.75) is 64.6 Å². The maximum absolute atomic E-state index is 12.2. The first kappa shape index (κ1) is 16.8. The number of rotatable bonds is 4. The third-order valence-corrected chi connectivity index (χ3v) is 4.03. The third-order valence-electron chi connectivity index (χ3n) is 4.03. The number of benzene rings is 1. The van der Waals surface area contributed by atoms with Crippen molar-refractivity contribution in [2.75, 3.05) is 0 Å². The van der Waals surface area contributed by atoms with Gasteiger partial charge in [0.05, 0.1) is 0 Å². The highest BCUT2D eigenvalue weighted by atomic mass is 16.1. The molecule has 0 bridgehead atoms. The molecule has 1 aromatic rings. The van der Waals surface area contributed by atoms with E-state index < -0.39 is 0 Å². The van der Waals surface area contributed by atoms with Crippen LogP contribution in [0.1, 0.15) is 57.8 Å². The van der Waals surface area contributed by atoms with E-state index in [0.29, 0.717) is 6.04 Å². The van der Waals surface area contributed by atoms with Crippen LogP contribution in [-0.4, -0.2) is 22.9 Å². The predicted molar refractivity (Wildman–Crippen MR) is 92.0 cm³/mol. The van der Waals surface area contributed by atoms with Crippen LogP contribution in [-0.2, 0) is 0 Å². The maximum Gasteiger partial charge on any atom is 0.187 e. The standard InChI is InChI=1S/C19H28N2O/c1-14(11-17(22)15-9-7-6-8-10-15)20-16-12-18(2,3)21-19(4,5)13-16/h6-11,16,20-21H,12-13H2,1-5H3. The van der Waals surface area contributed by atoms with E-state index in [0.717, 1.165) is 24.1 Å². The molecule has 0 saturated carbocycles. The zero-order valence-electron chi connectivity index (χ0n) is 14.4. The van der Waals surface area contributed by atoms with Gasteiger partial charge in [-0.25, -0.2) is 0 Å². The van der Waals surface area contributed by atoms with Crippen molar-refractivity contribution >= 4 is 5.78 Å². The Hall–Kier alpha value is -1.61. The number of hydrogen-bond donors (Lipinski definition) is 2. The molecule has 0 aromatic heterocycles. The average Bonchev–Trinajstić information content (AvgIpc) is 2.35. The number of allylic oxidation sites excluding steroid dienone is 2. The zero-order chi connectivity index (χ0) is 16.4. The number of piperidine rings is 1. The Labute approximate surface area is 134 Å². The van der Waals surface area contributed by atoms with Crippen molar-refractivity contribution in [1.29, 1.82) is 0 Å². The van der Waals surface area contributed by atoms with E-state index in [1.54, 1.807) is 6.08 Å². The zero-order valence-corrected chi connectivity index (χ0v) is 14.4. The van der Waals surface area contributed by atoms with E-state index >= 15 is 0 Å². The van der Waals surface area contributed by atoms with Crippen LogP contribution >= 0.6 is 0 Å². The topological polar surface area (TPSA) is 41.1 Å². The molecule has 3 heteroatoms. The van der Waals surface area contributed by atoms with Crippen LogP contribution in [0.15, 0.2) is 42.1 Å². The van der Waals surface area contributed by atoms with Gasteiger partial charge in [0, 0.05) is 34.5 Å². The van der Waals surface area contributed by atoms with E-state index in [4.69, 9.17) is 0 Å². The van der Waals surface area contributed by atoms with Crippen LogP contribution < -0.4 is 10.6 Å². The number of hydrogen-bond acceptors (Lipinski definition) is 3. The molecule has 0 spiro atoms. The first-order chi connectivity index (χ1) is 10.2. The molecular weight excluding hydrogens is 272 g/mol. The lowest BCUT2D eigenvalue weighted by molar-refractivity contribution is 0.104. The molecule has 0 aliphatic carbocycles. The van der Waals surface area contributed by atoms with Crippen LogP contribution in [0.2, 0.25) is 0 Å². The van der Waals surface area contributed by atoms with Crippen LogP contribution in [0, 0.1) is 0 Å². The van der Waals surface area contributed by atoms with Crippen molar-refractivity contribution in [3.05, 3.63) is 47.7 Å². The quantitative estimate of drug-likeness (QED) is 0.658. The fraction of sp³-hybridized carbons (Fsp3) is 0.526. The SMILES string of the molecule is CC(=CC(=O)c1ccccc1)NC1CC(C)(C)NC(C)(C)C1. The maximum atomic E-state index is 12.2. The van der Waals surface area contributed by atoms with Gasteiger partial charge in [0.1, 0.15) is 0 Å². The molecule has 0 amide bonds. The monoisotopic (exact) mass is 300 g/mol. The van der Waals surface area contributed by atoms with Crippen LogP contribution in [0.4, 0.5) is 0 Å². The molecular formula is C19H28N2O. The lowest BCUT2D eigenvalue weighted by Crippen LogP contribution is -2.61. The summed E-state index contributed by atoms with van der Waals surface area (Å²) in [5.74, 6) is 0.0538. The summed E-state index contributed by atoms with van der Waals surface area (Å²) in [6.07, 6.45) is 3.79. The molecule has 1 fully saturated rings. The second kappa shape index (κ2) is 6.25. The Kier molecular flexibility index (Phi) is 4.76. The number of carbonyl (C=O) groups excluding carboxylic acids is 1. The minimum absolute atomic E-state index is 0.0538. The summed E-state index contributed by atoms with van der Waals surface area (Å²) >= 11 is 0. The normalized spacial score (nSPS) is 21.4. The minimum Gasteiger partial charge on any atom is -0.386 e.